The van der Waals surface area contributed by atoms with E-state index in [0.717, 1.165) is 11.4 Å². The summed E-state index contributed by atoms with van der Waals surface area (Å²) in [7, 11) is 0. The molecule has 2 aliphatic rings. The number of amides is 2. The first-order valence-electron chi connectivity index (χ1n) is 11.4. The third kappa shape index (κ3) is 3.40. The molecular formula is C26H23FN4O2S. The summed E-state index contributed by atoms with van der Waals surface area (Å²) in [4.78, 5) is 33.8. The van der Waals surface area contributed by atoms with Gasteiger partial charge < -0.3 is 10.2 Å². The largest absolute Gasteiger partial charge is 0.349 e. The van der Waals surface area contributed by atoms with Crippen LogP contribution in [0.3, 0.4) is 0 Å². The van der Waals surface area contributed by atoms with Crippen LogP contribution in [0, 0.1) is 24.6 Å². The molecule has 6 rings (SSSR count). The number of nitrogens with zero attached hydrogens (tertiary/aromatic N) is 3. The summed E-state index contributed by atoms with van der Waals surface area (Å²) < 4.78 is 16.3. The number of aryl methyl sites for hydroxylation is 1. The Morgan fingerprint density at radius 1 is 1.15 bits per heavy atom. The van der Waals surface area contributed by atoms with E-state index in [9.17, 15) is 14.0 Å². The molecule has 34 heavy (non-hydrogen) atoms. The maximum absolute atomic E-state index is 14.5. The van der Waals surface area contributed by atoms with E-state index < -0.39 is 0 Å². The fourth-order valence-corrected chi connectivity index (χ4v) is 6.01. The highest BCUT2D eigenvalue weighted by molar-refractivity contribution is 7.15. The average molecular weight is 475 g/mol. The number of piperidine rings is 1. The molecule has 1 N–H and O–H groups in total. The Hall–Kier alpha value is -3.52. The molecule has 1 saturated heterocycles. The average Bonchev–Trinajstić information content (AvgIpc) is 3.13. The van der Waals surface area contributed by atoms with Crippen LogP contribution in [0.15, 0.2) is 60.1 Å². The molecule has 1 aliphatic heterocycles. The van der Waals surface area contributed by atoms with Crippen LogP contribution in [0.1, 0.15) is 33.0 Å². The minimum atomic E-state index is -0.355. The van der Waals surface area contributed by atoms with Crippen molar-refractivity contribution in [2.75, 3.05) is 13.1 Å². The maximum atomic E-state index is 14.5. The van der Waals surface area contributed by atoms with Gasteiger partial charge in [0.2, 0.25) is 0 Å². The molecule has 0 bridgehead atoms. The Morgan fingerprint density at radius 3 is 2.74 bits per heavy atom. The minimum Gasteiger partial charge on any atom is -0.349 e. The number of likely N-dealkylation sites (tertiary alicyclic amines) is 1. The molecule has 6 nitrogen and oxygen atoms in total. The highest BCUT2D eigenvalue weighted by atomic mass is 32.1. The summed E-state index contributed by atoms with van der Waals surface area (Å²) in [6, 6.07) is 13.6. The zero-order valence-electron chi connectivity index (χ0n) is 18.6. The van der Waals surface area contributed by atoms with E-state index in [2.05, 4.69) is 10.3 Å². The SMILES string of the molecule is Cc1nc2sccn2c1C(=O)NC[C@@H]1[C@H]2C[C@H]2CN1C(=O)c1ccccc1-c1ccccc1F. The van der Waals surface area contributed by atoms with Crippen LogP contribution in [-0.2, 0) is 0 Å². The molecule has 172 valence electrons. The Morgan fingerprint density at radius 2 is 1.91 bits per heavy atom. The van der Waals surface area contributed by atoms with Crippen molar-refractivity contribution in [2.24, 2.45) is 11.8 Å². The topological polar surface area (TPSA) is 66.7 Å². The van der Waals surface area contributed by atoms with Crippen LogP contribution in [0.5, 0.6) is 0 Å². The molecule has 3 heterocycles. The van der Waals surface area contributed by atoms with Gasteiger partial charge in [-0.25, -0.2) is 9.37 Å². The second-order valence-corrected chi connectivity index (χ2v) is 9.89. The monoisotopic (exact) mass is 474 g/mol. The first kappa shape index (κ1) is 21.0. The lowest BCUT2D eigenvalue weighted by Gasteiger charge is -2.28. The fourth-order valence-electron chi connectivity index (χ4n) is 5.25. The number of fused-ring (bicyclic) bond motifs is 2. The summed E-state index contributed by atoms with van der Waals surface area (Å²) in [5.41, 5.74) is 2.70. The summed E-state index contributed by atoms with van der Waals surface area (Å²) in [6.07, 6.45) is 2.91. The number of hydrogen-bond acceptors (Lipinski definition) is 4. The third-order valence-corrected chi connectivity index (χ3v) is 7.77. The molecule has 2 aromatic heterocycles. The van der Waals surface area contributed by atoms with Gasteiger partial charge in [-0.3, -0.25) is 14.0 Å². The van der Waals surface area contributed by atoms with Crippen molar-refractivity contribution in [3.05, 3.63) is 82.9 Å². The van der Waals surface area contributed by atoms with E-state index in [1.807, 2.05) is 29.5 Å². The third-order valence-electron chi connectivity index (χ3n) is 7.01. The van der Waals surface area contributed by atoms with E-state index >= 15 is 0 Å². The van der Waals surface area contributed by atoms with Crippen molar-refractivity contribution in [3.63, 3.8) is 0 Å². The standard InChI is InChI=1S/C26H23FN4O2S/c1-15-23(30-10-11-34-26(30)29-15)24(32)28-13-22-20-12-16(20)14-31(22)25(33)19-8-3-2-6-17(19)18-7-4-5-9-21(18)27/h2-11,16,20,22H,12-14H2,1H3,(H,28,32)/t16-,20-,22+/m0/s1. The van der Waals surface area contributed by atoms with E-state index in [0.29, 0.717) is 53.0 Å². The van der Waals surface area contributed by atoms with Gasteiger partial charge in [0, 0.05) is 35.8 Å². The molecule has 2 amide bonds. The number of thiazole rings is 1. The van der Waals surface area contributed by atoms with Gasteiger partial charge in [-0.1, -0.05) is 36.4 Å². The predicted octanol–water partition coefficient (Wildman–Crippen LogP) is 4.40. The summed E-state index contributed by atoms with van der Waals surface area (Å²) in [5, 5.41) is 4.95. The number of hydrogen-bond donors (Lipinski definition) is 1. The van der Waals surface area contributed by atoms with Crippen molar-refractivity contribution in [1.82, 2.24) is 19.6 Å². The molecule has 2 fully saturated rings. The molecule has 8 heteroatoms. The van der Waals surface area contributed by atoms with E-state index in [-0.39, 0.29) is 23.7 Å². The minimum absolute atomic E-state index is 0.0821. The Balaban J connectivity index is 1.24. The highest BCUT2D eigenvalue weighted by Gasteiger charge is 2.54. The van der Waals surface area contributed by atoms with E-state index in [4.69, 9.17) is 0 Å². The molecule has 2 aromatic carbocycles. The number of carbonyl (C=O) groups excluding carboxylic acids is 2. The first-order valence-corrected chi connectivity index (χ1v) is 12.3. The zero-order valence-corrected chi connectivity index (χ0v) is 19.4. The van der Waals surface area contributed by atoms with Gasteiger partial charge in [0.1, 0.15) is 11.5 Å². The van der Waals surface area contributed by atoms with Gasteiger partial charge in [-0.05, 0) is 42.9 Å². The fraction of sp³-hybridized carbons (Fsp3) is 0.269. The molecule has 1 saturated carbocycles. The van der Waals surface area contributed by atoms with Crippen LogP contribution in [0.2, 0.25) is 0 Å². The number of nitrogens with one attached hydrogen (secondary N) is 1. The van der Waals surface area contributed by atoms with Gasteiger partial charge in [-0.15, -0.1) is 11.3 Å². The lowest BCUT2D eigenvalue weighted by atomic mass is 9.98. The van der Waals surface area contributed by atoms with Crippen molar-refractivity contribution in [1.29, 1.82) is 0 Å². The predicted molar refractivity (Wildman–Crippen MR) is 128 cm³/mol. The van der Waals surface area contributed by atoms with E-state index in [1.165, 1.54) is 17.4 Å². The quantitative estimate of drug-likeness (QED) is 0.466. The molecule has 4 aromatic rings. The Labute approximate surface area is 200 Å². The van der Waals surface area contributed by atoms with Crippen LogP contribution in [0.25, 0.3) is 16.1 Å². The first-order chi connectivity index (χ1) is 16.5. The summed E-state index contributed by atoms with van der Waals surface area (Å²) >= 11 is 1.48. The second-order valence-electron chi connectivity index (χ2n) is 9.02. The van der Waals surface area contributed by atoms with Crippen LogP contribution in [-0.4, -0.2) is 45.2 Å². The van der Waals surface area contributed by atoms with Crippen molar-refractivity contribution >= 4 is 28.1 Å². The number of carbonyl (C=O) groups is 2. The Kier molecular flexibility index (Phi) is 4.99. The number of halogens is 1. The molecular weight excluding hydrogens is 451 g/mol. The lowest BCUT2D eigenvalue weighted by molar-refractivity contribution is 0.0695. The second kappa shape index (κ2) is 8.06. The lowest BCUT2D eigenvalue weighted by Crippen LogP contribution is -2.46. The Bertz CT molecular complexity index is 1430. The van der Waals surface area contributed by atoms with Crippen LogP contribution >= 0.6 is 11.3 Å². The van der Waals surface area contributed by atoms with E-state index in [1.54, 1.807) is 40.8 Å². The smallest absolute Gasteiger partial charge is 0.270 e. The number of aromatic nitrogens is 2. The van der Waals surface area contributed by atoms with Crippen LogP contribution in [0.4, 0.5) is 4.39 Å². The van der Waals surface area contributed by atoms with Crippen molar-refractivity contribution in [3.8, 4) is 11.1 Å². The molecule has 0 unspecified atom stereocenters. The summed E-state index contributed by atoms with van der Waals surface area (Å²) in [6.45, 7) is 2.87. The molecule has 0 spiro atoms. The van der Waals surface area contributed by atoms with Gasteiger partial charge >= 0.3 is 0 Å². The number of imidazole rings is 1. The zero-order chi connectivity index (χ0) is 23.4. The van der Waals surface area contributed by atoms with Crippen molar-refractivity contribution in [2.45, 2.75) is 19.4 Å². The number of benzene rings is 2. The molecule has 3 atom stereocenters. The molecule has 0 radical (unpaired) electrons. The van der Waals surface area contributed by atoms with Crippen molar-refractivity contribution < 1.29 is 14.0 Å². The normalized spacial score (nSPS) is 21.0. The summed E-state index contributed by atoms with van der Waals surface area (Å²) in [5.74, 6) is 0.189. The highest BCUT2D eigenvalue weighted by Crippen LogP contribution is 2.50. The number of rotatable bonds is 5. The molecule has 1 aliphatic carbocycles. The maximum Gasteiger partial charge on any atom is 0.270 e. The van der Waals surface area contributed by atoms with Gasteiger partial charge in [0.15, 0.2) is 4.96 Å². The van der Waals surface area contributed by atoms with Gasteiger partial charge in [-0.2, -0.15) is 0 Å². The van der Waals surface area contributed by atoms with Crippen LogP contribution < -0.4 is 5.32 Å². The van der Waals surface area contributed by atoms with Gasteiger partial charge in [0.05, 0.1) is 11.7 Å². The van der Waals surface area contributed by atoms with Gasteiger partial charge in [0.25, 0.3) is 11.8 Å².